The average molecular weight is 402 g/mol. The molecule has 0 aliphatic heterocycles. The van der Waals surface area contributed by atoms with E-state index >= 15 is 0 Å². The third-order valence-electron chi connectivity index (χ3n) is 4.47. The second-order valence-electron chi connectivity index (χ2n) is 7.34. The van der Waals surface area contributed by atoms with Crippen LogP contribution in [0.15, 0.2) is 78.9 Å². The predicted octanol–water partition coefficient (Wildman–Crippen LogP) is 5.00. The van der Waals surface area contributed by atoms with E-state index in [1.54, 1.807) is 54.4 Å². The molecule has 0 unspecified atom stereocenters. The van der Waals surface area contributed by atoms with E-state index in [0.29, 0.717) is 29.1 Å². The molecular formula is C25H26N2O3. The van der Waals surface area contributed by atoms with Gasteiger partial charge in [-0.3, -0.25) is 9.59 Å². The maximum absolute atomic E-state index is 12.8. The summed E-state index contributed by atoms with van der Waals surface area (Å²) in [6, 6.07) is 23.9. The lowest BCUT2D eigenvalue weighted by atomic mass is 10.1. The SMILES string of the molecule is CC(C)Oc1ccccc1C(=O)Nc1cccc(C(=O)N(C)Cc2ccccc2)c1. The lowest BCUT2D eigenvalue weighted by Crippen LogP contribution is -2.26. The van der Waals surface area contributed by atoms with Crippen molar-refractivity contribution in [2.75, 3.05) is 12.4 Å². The molecule has 5 heteroatoms. The summed E-state index contributed by atoms with van der Waals surface area (Å²) in [6.45, 7) is 4.33. The van der Waals surface area contributed by atoms with Crippen molar-refractivity contribution in [1.29, 1.82) is 0 Å². The van der Waals surface area contributed by atoms with Gasteiger partial charge in [0.25, 0.3) is 11.8 Å². The lowest BCUT2D eigenvalue weighted by Gasteiger charge is -2.18. The summed E-state index contributed by atoms with van der Waals surface area (Å²) in [6.07, 6.45) is -0.0416. The Kier molecular flexibility index (Phi) is 6.86. The van der Waals surface area contributed by atoms with Gasteiger partial charge in [-0.2, -0.15) is 0 Å². The van der Waals surface area contributed by atoms with E-state index in [9.17, 15) is 9.59 Å². The fourth-order valence-corrected chi connectivity index (χ4v) is 3.09. The van der Waals surface area contributed by atoms with Gasteiger partial charge in [-0.25, -0.2) is 0 Å². The highest BCUT2D eigenvalue weighted by Crippen LogP contribution is 2.21. The van der Waals surface area contributed by atoms with Crippen LogP contribution in [0.3, 0.4) is 0 Å². The van der Waals surface area contributed by atoms with Crippen molar-refractivity contribution in [3.05, 3.63) is 95.6 Å². The van der Waals surface area contributed by atoms with Crippen LogP contribution in [-0.4, -0.2) is 29.9 Å². The van der Waals surface area contributed by atoms with Crippen LogP contribution in [-0.2, 0) is 6.54 Å². The van der Waals surface area contributed by atoms with Crippen molar-refractivity contribution in [3.63, 3.8) is 0 Å². The predicted molar refractivity (Wildman–Crippen MR) is 119 cm³/mol. The number of rotatable bonds is 7. The molecule has 0 aliphatic carbocycles. The number of carbonyl (C=O) groups is 2. The topological polar surface area (TPSA) is 58.6 Å². The molecule has 3 aromatic rings. The molecular weight excluding hydrogens is 376 g/mol. The molecule has 0 aromatic heterocycles. The van der Waals surface area contributed by atoms with Gasteiger partial charge in [-0.05, 0) is 49.7 Å². The summed E-state index contributed by atoms with van der Waals surface area (Å²) in [4.78, 5) is 27.3. The summed E-state index contributed by atoms with van der Waals surface area (Å²) < 4.78 is 5.73. The van der Waals surface area contributed by atoms with Gasteiger partial charge in [0, 0.05) is 24.8 Å². The highest BCUT2D eigenvalue weighted by Gasteiger charge is 2.16. The quantitative estimate of drug-likeness (QED) is 0.605. The Bertz CT molecular complexity index is 1020. The van der Waals surface area contributed by atoms with Crippen molar-refractivity contribution < 1.29 is 14.3 Å². The Balaban J connectivity index is 1.73. The van der Waals surface area contributed by atoms with Gasteiger partial charge in [0.05, 0.1) is 11.7 Å². The summed E-state index contributed by atoms with van der Waals surface area (Å²) in [5.74, 6) is 0.131. The monoisotopic (exact) mass is 402 g/mol. The minimum absolute atomic E-state index is 0.0416. The van der Waals surface area contributed by atoms with Crippen LogP contribution in [0.1, 0.15) is 40.1 Å². The van der Waals surface area contributed by atoms with Gasteiger partial charge in [-0.15, -0.1) is 0 Å². The van der Waals surface area contributed by atoms with Gasteiger partial charge in [-0.1, -0.05) is 48.5 Å². The Labute approximate surface area is 177 Å². The Hall–Kier alpha value is -3.60. The van der Waals surface area contributed by atoms with Crippen molar-refractivity contribution in [2.24, 2.45) is 0 Å². The number of amides is 2. The number of anilines is 1. The molecule has 0 radical (unpaired) electrons. The highest BCUT2D eigenvalue weighted by molar-refractivity contribution is 6.06. The molecule has 0 saturated heterocycles. The molecule has 0 aliphatic rings. The first-order valence-corrected chi connectivity index (χ1v) is 9.90. The highest BCUT2D eigenvalue weighted by atomic mass is 16.5. The zero-order valence-electron chi connectivity index (χ0n) is 17.5. The van der Waals surface area contributed by atoms with E-state index in [2.05, 4.69) is 5.32 Å². The Morgan fingerprint density at radius 3 is 2.37 bits per heavy atom. The van der Waals surface area contributed by atoms with E-state index < -0.39 is 0 Å². The van der Waals surface area contributed by atoms with E-state index in [1.807, 2.05) is 50.2 Å². The summed E-state index contributed by atoms with van der Waals surface area (Å²) >= 11 is 0. The number of para-hydroxylation sites is 1. The number of nitrogens with one attached hydrogen (secondary N) is 1. The maximum atomic E-state index is 12.8. The minimum Gasteiger partial charge on any atom is -0.490 e. The van der Waals surface area contributed by atoms with Crippen LogP contribution < -0.4 is 10.1 Å². The molecule has 0 bridgehead atoms. The molecule has 0 saturated carbocycles. The van der Waals surface area contributed by atoms with Crippen LogP contribution in [0.2, 0.25) is 0 Å². The molecule has 0 heterocycles. The van der Waals surface area contributed by atoms with Crippen molar-refractivity contribution in [3.8, 4) is 5.75 Å². The third-order valence-corrected chi connectivity index (χ3v) is 4.47. The first-order valence-electron chi connectivity index (χ1n) is 9.90. The van der Waals surface area contributed by atoms with Gasteiger partial charge in [0.15, 0.2) is 0 Å². The van der Waals surface area contributed by atoms with Gasteiger partial charge in [0.2, 0.25) is 0 Å². The van der Waals surface area contributed by atoms with Crippen molar-refractivity contribution in [1.82, 2.24) is 4.90 Å². The van der Waals surface area contributed by atoms with Gasteiger partial charge in [0.1, 0.15) is 5.75 Å². The third kappa shape index (κ3) is 5.47. The normalized spacial score (nSPS) is 10.5. The van der Waals surface area contributed by atoms with E-state index in [1.165, 1.54) is 0 Å². The molecule has 30 heavy (non-hydrogen) atoms. The molecule has 5 nitrogen and oxygen atoms in total. The molecule has 1 N–H and O–H groups in total. The fraction of sp³-hybridized carbons (Fsp3) is 0.200. The molecule has 0 spiro atoms. The first-order chi connectivity index (χ1) is 14.4. The summed E-state index contributed by atoms with van der Waals surface area (Å²) in [7, 11) is 1.76. The number of ether oxygens (including phenoxy) is 1. The molecule has 2 amide bonds. The Morgan fingerprint density at radius 2 is 1.63 bits per heavy atom. The smallest absolute Gasteiger partial charge is 0.259 e. The van der Waals surface area contributed by atoms with Gasteiger partial charge < -0.3 is 15.0 Å². The molecule has 0 atom stereocenters. The second-order valence-corrected chi connectivity index (χ2v) is 7.34. The van der Waals surface area contributed by atoms with Crippen LogP contribution >= 0.6 is 0 Å². The minimum atomic E-state index is -0.284. The lowest BCUT2D eigenvalue weighted by molar-refractivity contribution is 0.0784. The number of nitrogens with zero attached hydrogens (tertiary/aromatic N) is 1. The largest absolute Gasteiger partial charge is 0.490 e. The van der Waals surface area contributed by atoms with Crippen molar-refractivity contribution in [2.45, 2.75) is 26.5 Å². The van der Waals surface area contributed by atoms with E-state index in [-0.39, 0.29) is 17.9 Å². The Morgan fingerprint density at radius 1 is 0.933 bits per heavy atom. The average Bonchev–Trinajstić information content (AvgIpc) is 2.74. The van der Waals surface area contributed by atoms with Gasteiger partial charge >= 0.3 is 0 Å². The zero-order valence-corrected chi connectivity index (χ0v) is 17.5. The maximum Gasteiger partial charge on any atom is 0.259 e. The van der Waals surface area contributed by atoms with E-state index in [0.717, 1.165) is 5.56 Å². The van der Waals surface area contributed by atoms with Crippen molar-refractivity contribution >= 4 is 17.5 Å². The van der Waals surface area contributed by atoms with Crippen LogP contribution in [0.25, 0.3) is 0 Å². The molecule has 3 aromatic carbocycles. The number of hydrogen-bond acceptors (Lipinski definition) is 3. The molecule has 0 fully saturated rings. The van der Waals surface area contributed by atoms with Crippen LogP contribution in [0.4, 0.5) is 5.69 Å². The first kappa shape index (κ1) is 21.1. The summed E-state index contributed by atoms with van der Waals surface area (Å²) in [5.41, 5.74) is 2.57. The van der Waals surface area contributed by atoms with E-state index in [4.69, 9.17) is 4.74 Å². The number of carbonyl (C=O) groups excluding carboxylic acids is 2. The zero-order chi connectivity index (χ0) is 21.5. The standard InChI is InChI=1S/C25H26N2O3/c1-18(2)30-23-15-8-7-14-22(23)24(28)26-21-13-9-12-20(16-21)25(29)27(3)17-19-10-5-4-6-11-19/h4-16,18H,17H2,1-3H3,(H,26,28). The van der Waals surface area contributed by atoms with Crippen LogP contribution in [0.5, 0.6) is 5.75 Å². The second kappa shape index (κ2) is 9.74. The van der Waals surface area contributed by atoms with Crippen LogP contribution in [0, 0.1) is 0 Å². The number of benzene rings is 3. The molecule has 154 valence electrons. The molecule has 3 rings (SSSR count). The fourth-order valence-electron chi connectivity index (χ4n) is 3.09. The summed E-state index contributed by atoms with van der Waals surface area (Å²) in [5, 5.41) is 2.87. The number of hydrogen-bond donors (Lipinski definition) is 1.